The van der Waals surface area contributed by atoms with E-state index in [9.17, 15) is 4.79 Å². The lowest BCUT2D eigenvalue weighted by Crippen LogP contribution is -2.35. The van der Waals surface area contributed by atoms with Crippen molar-refractivity contribution in [2.24, 2.45) is 0 Å². The van der Waals surface area contributed by atoms with Gasteiger partial charge in [0, 0.05) is 12.2 Å². The van der Waals surface area contributed by atoms with E-state index in [1.165, 1.54) is 11.3 Å². The van der Waals surface area contributed by atoms with Crippen molar-refractivity contribution >= 4 is 38.3 Å². The molecule has 0 saturated heterocycles. The van der Waals surface area contributed by atoms with Gasteiger partial charge in [-0.2, -0.15) is 0 Å². The second kappa shape index (κ2) is 7.35. The SMILES string of the molecule is CCCN(CCO)CC(=O)Nc1nc2ccc(N)cc2s1. The molecule has 0 atom stereocenters. The molecule has 7 heteroatoms. The van der Waals surface area contributed by atoms with Crippen molar-refractivity contribution in [1.82, 2.24) is 9.88 Å². The number of aliphatic hydroxyl groups is 1. The van der Waals surface area contributed by atoms with Crippen LogP contribution in [0, 0.1) is 0 Å². The van der Waals surface area contributed by atoms with Gasteiger partial charge in [0.15, 0.2) is 5.13 Å². The first kappa shape index (κ1) is 15.7. The van der Waals surface area contributed by atoms with Gasteiger partial charge in [0.05, 0.1) is 23.4 Å². The normalized spacial score (nSPS) is 11.2. The number of carbonyl (C=O) groups is 1. The fourth-order valence-electron chi connectivity index (χ4n) is 2.08. The minimum absolute atomic E-state index is 0.0493. The number of nitrogens with zero attached hydrogens (tertiary/aromatic N) is 2. The van der Waals surface area contributed by atoms with E-state index in [-0.39, 0.29) is 19.1 Å². The fraction of sp³-hybridized carbons (Fsp3) is 0.429. The summed E-state index contributed by atoms with van der Waals surface area (Å²) in [5.41, 5.74) is 7.23. The van der Waals surface area contributed by atoms with Crippen LogP contribution in [0.5, 0.6) is 0 Å². The van der Waals surface area contributed by atoms with Gasteiger partial charge in [-0.25, -0.2) is 4.98 Å². The summed E-state index contributed by atoms with van der Waals surface area (Å²) < 4.78 is 0.950. The maximum absolute atomic E-state index is 12.0. The third kappa shape index (κ3) is 4.38. The van der Waals surface area contributed by atoms with Gasteiger partial charge in [-0.15, -0.1) is 0 Å². The highest BCUT2D eigenvalue weighted by atomic mass is 32.1. The molecule has 21 heavy (non-hydrogen) atoms. The summed E-state index contributed by atoms with van der Waals surface area (Å²) in [4.78, 5) is 18.3. The number of carbonyl (C=O) groups excluding carboxylic acids is 1. The Bertz CT molecular complexity index is 608. The summed E-state index contributed by atoms with van der Waals surface area (Å²) in [6.07, 6.45) is 0.938. The zero-order chi connectivity index (χ0) is 15.2. The van der Waals surface area contributed by atoms with Crippen LogP contribution in [0.2, 0.25) is 0 Å². The molecule has 114 valence electrons. The molecule has 0 aliphatic carbocycles. The van der Waals surface area contributed by atoms with E-state index in [1.54, 1.807) is 6.07 Å². The van der Waals surface area contributed by atoms with Gasteiger partial charge in [0.25, 0.3) is 0 Å². The van der Waals surface area contributed by atoms with E-state index in [0.717, 1.165) is 23.2 Å². The van der Waals surface area contributed by atoms with Crippen LogP contribution in [0.1, 0.15) is 13.3 Å². The quantitative estimate of drug-likeness (QED) is 0.675. The van der Waals surface area contributed by atoms with Gasteiger partial charge in [-0.1, -0.05) is 18.3 Å². The average molecular weight is 308 g/mol. The van der Waals surface area contributed by atoms with Crippen molar-refractivity contribution in [2.45, 2.75) is 13.3 Å². The number of anilines is 2. The standard InChI is InChI=1S/C14H20N4O2S/c1-2-5-18(6-7-19)9-13(20)17-14-16-11-4-3-10(15)8-12(11)21-14/h3-4,8,19H,2,5-7,9,15H2,1H3,(H,16,17,20). The molecule has 1 aromatic heterocycles. The Morgan fingerprint density at radius 1 is 1.48 bits per heavy atom. The lowest BCUT2D eigenvalue weighted by molar-refractivity contribution is -0.117. The van der Waals surface area contributed by atoms with Gasteiger partial charge in [0.1, 0.15) is 0 Å². The van der Waals surface area contributed by atoms with Crippen LogP contribution in [0.3, 0.4) is 0 Å². The van der Waals surface area contributed by atoms with E-state index >= 15 is 0 Å². The van der Waals surface area contributed by atoms with Gasteiger partial charge < -0.3 is 16.2 Å². The van der Waals surface area contributed by atoms with E-state index in [4.69, 9.17) is 10.8 Å². The summed E-state index contributed by atoms with van der Waals surface area (Å²) in [5.74, 6) is -0.121. The number of benzene rings is 1. The zero-order valence-corrected chi connectivity index (χ0v) is 12.8. The van der Waals surface area contributed by atoms with Gasteiger partial charge in [-0.05, 0) is 31.2 Å². The number of nitrogens with one attached hydrogen (secondary N) is 1. The number of fused-ring (bicyclic) bond motifs is 1. The maximum Gasteiger partial charge on any atom is 0.240 e. The molecule has 0 spiro atoms. The molecule has 0 aliphatic rings. The topological polar surface area (TPSA) is 91.5 Å². The highest BCUT2D eigenvalue weighted by Crippen LogP contribution is 2.27. The summed E-state index contributed by atoms with van der Waals surface area (Å²) in [5, 5.41) is 12.4. The summed E-state index contributed by atoms with van der Waals surface area (Å²) in [7, 11) is 0. The molecule has 0 bridgehead atoms. The highest BCUT2D eigenvalue weighted by molar-refractivity contribution is 7.22. The van der Waals surface area contributed by atoms with Crippen LogP contribution in [0.25, 0.3) is 10.2 Å². The van der Waals surface area contributed by atoms with E-state index in [1.807, 2.05) is 24.0 Å². The van der Waals surface area contributed by atoms with Crippen LogP contribution >= 0.6 is 11.3 Å². The molecule has 4 N–H and O–H groups in total. The number of amides is 1. The number of aromatic nitrogens is 1. The molecular formula is C14H20N4O2S. The van der Waals surface area contributed by atoms with Crippen LogP contribution in [-0.2, 0) is 4.79 Å². The molecular weight excluding hydrogens is 288 g/mol. The molecule has 1 heterocycles. The number of aliphatic hydroxyl groups excluding tert-OH is 1. The predicted molar refractivity (Wildman–Crippen MR) is 86.5 cm³/mol. The highest BCUT2D eigenvalue weighted by Gasteiger charge is 2.12. The van der Waals surface area contributed by atoms with E-state index in [0.29, 0.717) is 17.4 Å². The van der Waals surface area contributed by atoms with Crippen molar-refractivity contribution in [3.05, 3.63) is 18.2 Å². The predicted octanol–water partition coefficient (Wildman–Crippen LogP) is 1.52. The Morgan fingerprint density at radius 2 is 2.29 bits per heavy atom. The number of thiazole rings is 1. The van der Waals surface area contributed by atoms with Crippen LogP contribution in [0.4, 0.5) is 10.8 Å². The average Bonchev–Trinajstić information content (AvgIpc) is 2.80. The molecule has 0 fully saturated rings. The Morgan fingerprint density at radius 3 is 3.00 bits per heavy atom. The minimum Gasteiger partial charge on any atom is -0.399 e. The Balaban J connectivity index is 2.00. The summed E-state index contributed by atoms with van der Waals surface area (Å²) in [6, 6.07) is 5.47. The molecule has 1 amide bonds. The van der Waals surface area contributed by atoms with Crippen molar-refractivity contribution in [3.63, 3.8) is 0 Å². The second-order valence-corrected chi connectivity index (χ2v) is 5.82. The lowest BCUT2D eigenvalue weighted by Gasteiger charge is -2.19. The maximum atomic E-state index is 12.0. The van der Waals surface area contributed by atoms with Gasteiger partial charge in [0.2, 0.25) is 5.91 Å². The second-order valence-electron chi connectivity index (χ2n) is 4.79. The molecule has 0 unspecified atom stereocenters. The number of rotatable bonds is 7. The molecule has 0 saturated carbocycles. The van der Waals surface area contributed by atoms with E-state index < -0.39 is 0 Å². The van der Waals surface area contributed by atoms with Crippen LogP contribution in [-0.4, -0.2) is 47.1 Å². The van der Waals surface area contributed by atoms with Gasteiger partial charge >= 0.3 is 0 Å². The molecule has 1 aromatic carbocycles. The number of hydrogen-bond donors (Lipinski definition) is 3. The fourth-order valence-corrected chi connectivity index (χ4v) is 3.01. The monoisotopic (exact) mass is 308 g/mol. The van der Waals surface area contributed by atoms with Crippen LogP contribution < -0.4 is 11.1 Å². The number of nitrogens with two attached hydrogens (primary N) is 1. The molecule has 2 rings (SSSR count). The zero-order valence-electron chi connectivity index (χ0n) is 12.0. The Labute approximate surface area is 127 Å². The third-order valence-electron chi connectivity index (χ3n) is 2.98. The number of hydrogen-bond acceptors (Lipinski definition) is 6. The Kier molecular flexibility index (Phi) is 5.49. The summed E-state index contributed by atoms with van der Waals surface area (Å²) >= 11 is 1.40. The minimum atomic E-state index is -0.121. The van der Waals surface area contributed by atoms with Gasteiger partial charge in [-0.3, -0.25) is 9.69 Å². The first-order valence-corrected chi connectivity index (χ1v) is 7.73. The Hall–Kier alpha value is -1.70. The first-order chi connectivity index (χ1) is 10.1. The van der Waals surface area contributed by atoms with Crippen molar-refractivity contribution in [3.8, 4) is 0 Å². The first-order valence-electron chi connectivity index (χ1n) is 6.91. The van der Waals surface area contributed by atoms with Crippen molar-refractivity contribution in [2.75, 3.05) is 37.3 Å². The molecule has 6 nitrogen and oxygen atoms in total. The smallest absolute Gasteiger partial charge is 0.240 e. The molecule has 2 aromatic rings. The van der Waals surface area contributed by atoms with Crippen molar-refractivity contribution in [1.29, 1.82) is 0 Å². The van der Waals surface area contributed by atoms with E-state index in [2.05, 4.69) is 10.3 Å². The van der Waals surface area contributed by atoms with Crippen LogP contribution in [0.15, 0.2) is 18.2 Å². The summed E-state index contributed by atoms with van der Waals surface area (Å²) in [6.45, 7) is 3.63. The van der Waals surface area contributed by atoms with Crippen molar-refractivity contribution < 1.29 is 9.90 Å². The number of nitrogen functional groups attached to an aromatic ring is 1. The molecule has 0 aliphatic heterocycles. The molecule has 0 radical (unpaired) electrons. The third-order valence-corrected chi connectivity index (χ3v) is 3.92. The lowest BCUT2D eigenvalue weighted by atomic mass is 10.3. The largest absolute Gasteiger partial charge is 0.399 e.